The Balaban J connectivity index is 1.62. The van der Waals surface area contributed by atoms with E-state index in [1.54, 1.807) is 24.3 Å². The number of rotatable bonds is 4. The number of anilines is 2. The minimum Gasteiger partial charge on any atom is -0.507 e. The molecule has 0 spiro atoms. The number of phenolic OH excluding ortho intramolecular Hbond substituents is 2. The van der Waals surface area contributed by atoms with Gasteiger partial charge in [0.05, 0.1) is 0 Å². The van der Waals surface area contributed by atoms with Crippen molar-refractivity contribution in [3.05, 3.63) is 96.1 Å². The lowest BCUT2D eigenvalue weighted by Gasteiger charge is -2.26. The molecule has 4 nitrogen and oxygen atoms in total. The number of nitrogen functional groups attached to an aromatic ring is 2. The number of hydrogen-bond donors (Lipinski definition) is 4. The molecule has 0 saturated heterocycles. The van der Waals surface area contributed by atoms with E-state index in [0.717, 1.165) is 33.4 Å². The maximum atomic E-state index is 10.2. The molecule has 0 aliphatic heterocycles. The normalized spacial score (nSPS) is 11.4. The molecule has 0 heterocycles. The molecule has 156 valence electrons. The van der Waals surface area contributed by atoms with Crippen LogP contribution in [0.3, 0.4) is 0 Å². The topological polar surface area (TPSA) is 92.5 Å². The average molecular weight is 411 g/mol. The molecule has 0 fully saturated rings. The van der Waals surface area contributed by atoms with Crippen molar-refractivity contribution in [1.82, 2.24) is 0 Å². The Morgan fingerprint density at radius 3 is 1.23 bits per heavy atom. The Kier molecular flexibility index (Phi) is 5.07. The van der Waals surface area contributed by atoms with Crippen LogP contribution in [0.1, 0.15) is 25.0 Å². The standard InChI is InChI=1S/C27H26N2O2/c1-27(2,19-7-3-17(4-8-19)23-13-11-21(28)15-25(23)30)20-9-5-18(6-10-20)24-14-12-22(29)16-26(24)31/h3-16,30-31H,28-29H2,1-2H3. The zero-order chi connectivity index (χ0) is 22.2. The molecule has 4 rings (SSSR count). The van der Waals surface area contributed by atoms with Crippen molar-refractivity contribution in [2.24, 2.45) is 0 Å². The van der Waals surface area contributed by atoms with Crippen LogP contribution in [0, 0.1) is 0 Å². The molecule has 0 aliphatic carbocycles. The first kappa shape index (κ1) is 20.4. The summed E-state index contributed by atoms with van der Waals surface area (Å²) in [6.07, 6.45) is 0. The van der Waals surface area contributed by atoms with Crippen LogP contribution in [0.25, 0.3) is 22.3 Å². The minimum absolute atomic E-state index is 0.175. The lowest BCUT2D eigenvalue weighted by atomic mass is 9.77. The van der Waals surface area contributed by atoms with Gasteiger partial charge in [-0.2, -0.15) is 0 Å². The third-order valence-corrected chi connectivity index (χ3v) is 5.88. The fourth-order valence-electron chi connectivity index (χ4n) is 3.89. The van der Waals surface area contributed by atoms with Crippen LogP contribution in [0.4, 0.5) is 11.4 Å². The lowest BCUT2D eigenvalue weighted by Crippen LogP contribution is -2.18. The van der Waals surface area contributed by atoms with E-state index < -0.39 is 0 Å². The first-order valence-corrected chi connectivity index (χ1v) is 10.1. The highest BCUT2D eigenvalue weighted by atomic mass is 16.3. The van der Waals surface area contributed by atoms with Crippen molar-refractivity contribution >= 4 is 11.4 Å². The Labute approximate surface area is 182 Å². The number of nitrogens with two attached hydrogens (primary N) is 2. The predicted molar refractivity (Wildman–Crippen MR) is 128 cm³/mol. The molecule has 4 aromatic rings. The molecule has 4 heteroatoms. The van der Waals surface area contributed by atoms with E-state index in [0.29, 0.717) is 11.4 Å². The van der Waals surface area contributed by atoms with Crippen molar-refractivity contribution in [3.8, 4) is 33.8 Å². The second-order valence-electron chi connectivity index (χ2n) is 8.33. The Morgan fingerprint density at radius 1 is 0.548 bits per heavy atom. The molecule has 0 aliphatic rings. The second kappa shape index (κ2) is 7.73. The number of phenols is 2. The summed E-state index contributed by atoms with van der Waals surface area (Å²) in [5.74, 6) is 0.349. The SMILES string of the molecule is CC(C)(c1ccc(-c2ccc(N)cc2O)cc1)c1ccc(-c2ccc(N)cc2O)cc1. The fourth-order valence-corrected chi connectivity index (χ4v) is 3.89. The summed E-state index contributed by atoms with van der Waals surface area (Å²) in [5, 5.41) is 20.4. The van der Waals surface area contributed by atoms with E-state index in [4.69, 9.17) is 11.5 Å². The molecule has 0 atom stereocenters. The zero-order valence-corrected chi connectivity index (χ0v) is 17.6. The lowest BCUT2D eigenvalue weighted by molar-refractivity contribution is 0.477. The van der Waals surface area contributed by atoms with Gasteiger partial charge < -0.3 is 21.7 Å². The van der Waals surface area contributed by atoms with Gasteiger partial charge in [0, 0.05) is 40.0 Å². The van der Waals surface area contributed by atoms with Crippen LogP contribution in [-0.2, 0) is 5.41 Å². The van der Waals surface area contributed by atoms with E-state index in [9.17, 15) is 10.2 Å². The molecule has 0 radical (unpaired) electrons. The molecule has 31 heavy (non-hydrogen) atoms. The summed E-state index contributed by atoms with van der Waals surface area (Å²) < 4.78 is 0. The zero-order valence-electron chi connectivity index (χ0n) is 17.6. The third-order valence-electron chi connectivity index (χ3n) is 5.88. The molecule has 6 N–H and O–H groups in total. The second-order valence-corrected chi connectivity index (χ2v) is 8.33. The van der Waals surface area contributed by atoms with Crippen molar-refractivity contribution < 1.29 is 10.2 Å². The molecule has 0 unspecified atom stereocenters. The molecular formula is C27H26N2O2. The first-order chi connectivity index (χ1) is 14.8. The largest absolute Gasteiger partial charge is 0.507 e. The molecule has 4 aromatic carbocycles. The van der Waals surface area contributed by atoms with Gasteiger partial charge in [-0.15, -0.1) is 0 Å². The minimum atomic E-state index is -0.219. The number of aromatic hydroxyl groups is 2. The summed E-state index contributed by atoms with van der Waals surface area (Å²) in [4.78, 5) is 0. The maximum Gasteiger partial charge on any atom is 0.125 e. The predicted octanol–water partition coefficient (Wildman–Crippen LogP) is 5.92. The van der Waals surface area contributed by atoms with Gasteiger partial charge in [0.2, 0.25) is 0 Å². The van der Waals surface area contributed by atoms with Crippen molar-refractivity contribution in [1.29, 1.82) is 0 Å². The third kappa shape index (κ3) is 3.92. The molecule has 0 bridgehead atoms. The monoisotopic (exact) mass is 410 g/mol. The van der Waals surface area contributed by atoms with Crippen LogP contribution in [-0.4, -0.2) is 10.2 Å². The van der Waals surface area contributed by atoms with Gasteiger partial charge in [-0.25, -0.2) is 0 Å². The first-order valence-electron chi connectivity index (χ1n) is 10.1. The number of hydrogen-bond acceptors (Lipinski definition) is 4. The van der Waals surface area contributed by atoms with Gasteiger partial charge in [0.15, 0.2) is 0 Å². The molecule has 0 saturated carbocycles. The average Bonchev–Trinajstić information content (AvgIpc) is 2.74. The Morgan fingerprint density at radius 2 is 0.903 bits per heavy atom. The Hall–Kier alpha value is -3.92. The van der Waals surface area contributed by atoms with Gasteiger partial charge in [0.25, 0.3) is 0 Å². The number of benzene rings is 4. The highest BCUT2D eigenvalue weighted by molar-refractivity contribution is 5.74. The van der Waals surface area contributed by atoms with Crippen LogP contribution in [0.2, 0.25) is 0 Å². The van der Waals surface area contributed by atoms with E-state index in [2.05, 4.69) is 38.1 Å². The van der Waals surface area contributed by atoms with Crippen LogP contribution in [0.15, 0.2) is 84.9 Å². The van der Waals surface area contributed by atoms with Crippen LogP contribution in [0.5, 0.6) is 11.5 Å². The van der Waals surface area contributed by atoms with E-state index in [1.165, 1.54) is 0 Å². The molecular weight excluding hydrogens is 384 g/mol. The van der Waals surface area contributed by atoms with Gasteiger partial charge in [-0.05, 0) is 46.5 Å². The summed E-state index contributed by atoms with van der Waals surface area (Å²) in [6, 6.07) is 26.8. The summed E-state index contributed by atoms with van der Waals surface area (Å²) in [5.41, 5.74) is 18.0. The summed E-state index contributed by atoms with van der Waals surface area (Å²) >= 11 is 0. The summed E-state index contributed by atoms with van der Waals surface area (Å²) in [7, 11) is 0. The highest BCUT2D eigenvalue weighted by Gasteiger charge is 2.23. The Bertz CT molecular complexity index is 1130. The van der Waals surface area contributed by atoms with Gasteiger partial charge in [-0.1, -0.05) is 62.4 Å². The van der Waals surface area contributed by atoms with Gasteiger partial charge in [0.1, 0.15) is 11.5 Å². The van der Waals surface area contributed by atoms with Gasteiger partial charge >= 0.3 is 0 Å². The van der Waals surface area contributed by atoms with Crippen molar-refractivity contribution in [2.75, 3.05) is 11.5 Å². The van der Waals surface area contributed by atoms with Gasteiger partial charge in [-0.3, -0.25) is 0 Å². The highest BCUT2D eigenvalue weighted by Crippen LogP contribution is 2.37. The smallest absolute Gasteiger partial charge is 0.125 e. The fraction of sp³-hybridized carbons (Fsp3) is 0.111. The van der Waals surface area contributed by atoms with Crippen LogP contribution < -0.4 is 11.5 Å². The maximum absolute atomic E-state index is 10.2. The summed E-state index contributed by atoms with van der Waals surface area (Å²) in [6.45, 7) is 4.36. The molecule has 0 aromatic heterocycles. The van der Waals surface area contributed by atoms with E-state index in [-0.39, 0.29) is 16.9 Å². The van der Waals surface area contributed by atoms with Crippen molar-refractivity contribution in [3.63, 3.8) is 0 Å². The van der Waals surface area contributed by atoms with E-state index in [1.807, 2.05) is 36.4 Å². The van der Waals surface area contributed by atoms with E-state index >= 15 is 0 Å². The van der Waals surface area contributed by atoms with Crippen molar-refractivity contribution in [2.45, 2.75) is 19.3 Å². The molecule has 0 amide bonds. The quantitative estimate of drug-likeness (QED) is 0.314. The van der Waals surface area contributed by atoms with Crippen LogP contribution >= 0.6 is 0 Å².